The van der Waals surface area contributed by atoms with Crippen molar-refractivity contribution in [3.05, 3.63) is 102 Å². The van der Waals surface area contributed by atoms with Gasteiger partial charge in [0.05, 0.1) is 18.4 Å². The van der Waals surface area contributed by atoms with Crippen LogP contribution in [0.15, 0.2) is 89.5 Å². The number of nitrogens with zero attached hydrogens (tertiary/aromatic N) is 1. The summed E-state index contributed by atoms with van der Waals surface area (Å²) in [7, 11) is 0. The van der Waals surface area contributed by atoms with Crippen LogP contribution in [0.25, 0.3) is 22.8 Å². The highest BCUT2D eigenvalue weighted by Gasteiger charge is 2.17. The normalized spacial score (nSPS) is 10.7. The number of ether oxygens (including phenoxy) is 1. The molecule has 0 unspecified atom stereocenters. The lowest BCUT2D eigenvalue weighted by molar-refractivity contribution is 0.0950. The van der Waals surface area contributed by atoms with E-state index in [1.807, 2.05) is 79.7 Å². The second kappa shape index (κ2) is 9.87. The number of carbonyl (C=O) groups is 1. The number of aromatic nitrogens is 1. The molecular weight excluding hydrogens is 388 g/mol. The van der Waals surface area contributed by atoms with Crippen molar-refractivity contribution in [3.63, 3.8) is 0 Å². The predicted molar refractivity (Wildman–Crippen MR) is 120 cm³/mol. The largest absolute Gasteiger partial charge is 0.436 e. The van der Waals surface area contributed by atoms with Crippen LogP contribution in [-0.4, -0.2) is 17.5 Å². The Bertz CT molecular complexity index is 1150. The quantitative estimate of drug-likeness (QED) is 0.416. The van der Waals surface area contributed by atoms with E-state index in [4.69, 9.17) is 9.15 Å². The highest BCUT2D eigenvalue weighted by atomic mass is 16.5. The van der Waals surface area contributed by atoms with Gasteiger partial charge in [0.25, 0.3) is 5.91 Å². The average Bonchev–Trinajstić information content (AvgIpc) is 3.32. The van der Waals surface area contributed by atoms with Crippen molar-refractivity contribution < 1.29 is 13.9 Å². The van der Waals surface area contributed by atoms with Crippen molar-refractivity contribution in [2.24, 2.45) is 0 Å². The molecule has 1 N–H and O–H groups in total. The van der Waals surface area contributed by atoms with Gasteiger partial charge < -0.3 is 14.5 Å². The summed E-state index contributed by atoms with van der Waals surface area (Å²) in [4.78, 5) is 17.4. The number of rotatable bonds is 8. The zero-order chi connectivity index (χ0) is 21.5. The van der Waals surface area contributed by atoms with E-state index in [0.29, 0.717) is 42.5 Å². The Balaban J connectivity index is 1.53. The highest BCUT2D eigenvalue weighted by molar-refractivity contribution is 6.00. The lowest BCUT2D eigenvalue weighted by Gasteiger charge is -2.12. The van der Waals surface area contributed by atoms with Gasteiger partial charge in [0, 0.05) is 24.3 Å². The maximum atomic E-state index is 13.0. The van der Waals surface area contributed by atoms with Crippen molar-refractivity contribution in [1.82, 2.24) is 10.3 Å². The predicted octanol–water partition coefficient (Wildman–Crippen LogP) is 5.48. The van der Waals surface area contributed by atoms with E-state index in [1.54, 1.807) is 12.3 Å². The minimum Gasteiger partial charge on any atom is -0.436 e. The van der Waals surface area contributed by atoms with Gasteiger partial charge in [0.1, 0.15) is 0 Å². The third kappa shape index (κ3) is 4.90. The summed E-state index contributed by atoms with van der Waals surface area (Å²) < 4.78 is 11.5. The van der Waals surface area contributed by atoms with Crippen molar-refractivity contribution in [1.29, 1.82) is 0 Å². The smallest absolute Gasteiger partial charge is 0.252 e. The van der Waals surface area contributed by atoms with Gasteiger partial charge in [-0.15, -0.1) is 0 Å². The molecule has 4 aromatic rings. The number of oxazole rings is 1. The first kappa shape index (κ1) is 20.6. The molecule has 0 aliphatic rings. The van der Waals surface area contributed by atoms with Crippen LogP contribution in [0.3, 0.4) is 0 Å². The van der Waals surface area contributed by atoms with E-state index in [1.165, 1.54) is 0 Å². The molecule has 31 heavy (non-hydrogen) atoms. The van der Waals surface area contributed by atoms with Crippen LogP contribution >= 0.6 is 0 Å². The summed E-state index contributed by atoms with van der Waals surface area (Å²) in [5.74, 6) is 0.901. The number of carbonyl (C=O) groups excluding carboxylic acids is 1. The first-order valence-electron chi connectivity index (χ1n) is 10.3. The lowest BCUT2D eigenvalue weighted by Crippen LogP contribution is -2.24. The first-order valence-corrected chi connectivity index (χ1v) is 10.3. The molecule has 156 valence electrons. The summed E-state index contributed by atoms with van der Waals surface area (Å²) in [5, 5.41) is 3.02. The van der Waals surface area contributed by atoms with Crippen LogP contribution in [0.1, 0.15) is 28.4 Å². The van der Waals surface area contributed by atoms with Crippen molar-refractivity contribution in [2.45, 2.75) is 20.1 Å². The monoisotopic (exact) mass is 412 g/mol. The fraction of sp³-hybridized carbons (Fsp3) is 0.154. The molecule has 4 rings (SSSR count). The summed E-state index contributed by atoms with van der Waals surface area (Å²) in [6.07, 6.45) is 1.68. The van der Waals surface area contributed by atoms with E-state index < -0.39 is 0 Å². The maximum absolute atomic E-state index is 13.0. The second-order valence-electron chi connectivity index (χ2n) is 7.03. The Morgan fingerprint density at radius 2 is 1.65 bits per heavy atom. The van der Waals surface area contributed by atoms with Crippen LogP contribution in [-0.2, 0) is 17.9 Å². The number of benzene rings is 3. The van der Waals surface area contributed by atoms with E-state index in [-0.39, 0.29) is 5.91 Å². The third-order valence-electron chi connectivity index (χ3n) is 4.99. The number of hydrogen-bond donors (Lipinski definition) is 1. The van der Waals surface area contributed by atoms with Gasteiger partial charge in [0.15, 0.2) is 5.76 Å². The van der Waals surface area contributed by atoms with Gasteiger partial charge in [-0.3, -0.25) is 4.79 Å². The van der Waals surface area contributed by atoms with Gasteiger partial charge in [-0.1, -0.05) is 66.7 Å². The molecule has 0 aliphatic heterocycles. The van der Waals surface area contributed by atoms with E-state index in [0.717, 1.165) is 16.7 Å². The fourth-order valence-corrected chi connectivity index (χ4v) is 3.36. The van der Waals surface area contributed by atoms with Crippen molar-refractivity contribution >= 4 is 5.91 Å². The summed E-state index contributed by atoms with van der Waals surface area (Å²) >= 11 is 0. The molecule has 0 saturated carbocycles. The molecular formula is C26H24N2O3. The maximum Gasteiger partial charge on any atom is 0.252 e. The zero-order valence-electron chi connectivity index (χ0n) is 17.4. The highest BCUT2D eigenvalue weighted by Crippen LogP contribution is 2.28. The van der Waals surface area contributed by atoms with Gasteiger partial charge in [0.2, 0.25) is 5.89 Å². The van der Waals surface area contributed by atoms with Gasteiger partial charge >= 0.3 is 0 Å². The molecule has 1 aromatic heterocycles. The SMILES string of the molecule is CCOCc1ccccc1CNC(=O)c1ccccc1-c1ncc(-c2ccccc2)o1. The molecule has 0 saturated heterocycles. The molecule has 0 fully saturated rings. The minimum absolute atomic E-state index is 0.179. The van der Waals surface area contributed by atoms with Crippen LogP contribution in [0.2, 0.25) is 0 Å². The Hall–Kier alpha value is -3.70. The third-order valence-corrected chi connectivity index (χ3v) is 4.99. The molecule has 5 heteroatoms. The summed E-state index contributed by atoms with van der Waals surface area (Å²) in [5.41, 5.74) is 4.22. The minimum atomic E-state index is -0.179. The molecule has 3 aromatic carbocycles. The summed E-state index contributed by atoms with van der Waals surface area (Å²) in [6, 6.07) is 25.1. The van der Waals surface area contributed by atoms with Crippen LogP contribution in [0.4, 0.5) is 0 Å². The topological polar surface area (TPSA) is 64.4 Å². The molecule has 0 atom stereocenters. The van der Waals surface area contributed by atoms with E-state index in [2.05, 4.69) is 10.3 Å². The Morgan fingerprint density at radius 1 is 0.935 bits per heavy atom. The Morgan fingerprint density at radius 3 is 2.45 bits per heavy atom. The van der Waals surface area contributed by atoms with Crippen molar-refractivity contribution in [2.75, 3.05) is 6.61 Å². The van der Waals surface area contributed by atoms with Crippen LogP contribution in [0, 0.1) is 0 Å². The van der Waals surface area contributed by atoms with Gasteiger partial charge in [-0.05, 0) is 30.2 Å². The Kier molecular flexibility index (Phi) is 6.55. The van der Waals surface area contributed by atoms with Gasteiger partial charge in [-0.2, -0.15) is 0 Å². The zero-order valence-corrected chi connectivity index (χ0v) is 17.4. The second-order valence-corrected chi connectivity index (χ2v) is 7.03. The number of amides is 1. The van der Waals surface area contributed by atoms with Crippen LogP contribution in [0.5, 0.6) is 0 Å². The molecule has 0 aliphatic carbocycles. The Labute approximate surface area is 181 Å². The van der Waals surface area contributed by atoms with Gasteiger partial charge in [-0.25, -0.2) is 4.98 Å². The fourth-order valence-electron chi connectivity index (χ4n) is 3.36. The first-order chi connectivity index (χ1) is 15.3. The molecule has 0 radical (unpaired) electrons. The summed E-state index contributed by atoms with van der Waals surface area (Å²) in [6.45, 7) is 3.55. The molecule has 0 spiro atoms. The van der Waals surface area contributed by atoms with E-state index in [9.17, 15) is 4.79 Å². The number of hydrogen-bond acceptors (Lipinski definition) is 4. The average molecular weight is 412 g/mol. The molecule has 5 nitrogen and oxygen atoms in total. The standard InChI is InChI=1S/C26H24N2O3/c1-2-30-18-21-13-7-6-12-20(21)16-27-25(29)22-14-8-9-15-23(22)26-28-17-24(31-26)19-10-4-3-5-11-19/h3-15,17H,2,16,18H2,1H3,(H,27,29). The molecule has 0 bridgehead atoms. The van der Waals surface area contributed by atoms with E-state index >= 15 is 0 Å². The number of nitrogens with one attached hydrogen (secondary N) is 1. The van der Waals surface area contributed by atoms with Crippen LogP contribution < -0.4 is 5.32 Å². The molecule has 1 heterocycles. The lowest BCUT2D eigenvalue weighted by atomic mass is 10.1. The molecule has 1 amide bonds. The van der Waals surface area contributed by atoms with Crippen molar-refractivity contribution in [3.8, 4) is 22.8 Å².